The molecule has 3 heteroatoms. The van der Waals surface area contributed by atoms with Crippen LogP contribution in [0.5, 0.6) is 0 Å². The summed E-state index contributed by atoms with van der Waals surface area (Å²) >= 11 is 0.300. The standard InChI is InChI=1S/C26H20N2Se/c1-26(2)21-11-7-6-10-19(21)20-13-12-18(16-22(20)26)24-23(17-8-4-3-5-9-17)27-25-28(24)14-15-29-25/h3-16H,1-2H3. The van der Waals surface area contributed by atoms with Crippen LogP contribution in [0.25, 0.3) is 38.2 Å². The molecule has 140 valence electrons. The first-order valence-electron chi connectivity index (χ1n) is 9.90. The molecule has 2 heterocycles. The van der Waals surface area contributed by atoms with Crippen LogP contribution < -0.4 is 0 Å². The summed E-state index contributed by atoms with van der Waals surface area (Å²) in [5, 5.41) is 0. The van der Waals surface area contributed by atoms with Crippen LogP contribution in [0.2, 0.25) is 0 Å². The van der Waals surface area contributed by atoms with Gasteiger partial charge in [0, 0.05) is 0 Å². The van der Waals surface area contributed by atoms with E-state index in [0.717, 1.165) is 5.69 Å². The van der Waals surface area contributed by atoms with Crippen LogP contribution in [0.15, 0.2) is 83.9 Å². The molecule has 0 saturated carbocycles. The van der Waals surface area contributed by atoms with E-state index in [9.17, 15) is 0 Å². The molecular weight excluding hydrogens is 419 g/mol. The van der Waals surface area contributed by atoms with E-state index in [2.05, 4.69) is 102 Å². The number of benzene rings is 3. The molecule has 0 saturated heterocycles. The molecule has 5 aromatic rings. The van der Waals surface area contributed by atoms with E-state index >= 15 is 0 Å². The van der Waals surface area contributed by atoms with E-state index in [1.165, 1.54) is 43.6 Å². The van der Waals surface area contributed by atoms with Gasteiger partial charge >= 0.3 is 176 Å². The van der Waals surface area contributed by atoms with Crippen molar-refractivity contribution in [3.63, 3.8) is 0 Å². The molecule has 0 N–H and O–H groups in total. The van der Waals surface area contributed by atoms with E-state index in [-0.39, 0.29) is 5.41 Å². The average Bonchev–Trinajstić information content (AvgIpc) is 3.40. The van der Waals surface area contributed by atoms with Crippen molar-refractivity contribution in [3.05, 3.63) is 95.1 Å². The van der Waals surface area contributed by atoms with Gasteiger partial charge in [-0.1, -0.05) is 0 Å². The van der Waals surface area contributed by atoms with E-state index in [1.54, 1.807) is 0 Å². The number of imidazole rings is 1. The Hall–Kier alpha value is -2.87. The topological polar surface area (TPSA) is 17.3 Å². The summed E-state index contributed by atoms with van der Waals surface area (Å²) < 4.78 is 3.47. The molecule has 3 aromatic carbocycles. The second-order valence-electron chi connectivity index (χ2n) is 8.16. The molecule has 29 heavy (non-hydrogen) atoms. The Kier molecular flexibility index (Phi) is 3.56. The normalized spacial score (nSPS) is 14.1. The molecule has 2 nitrogen and oxygen atoms in total. The molecule has 0 aliphatic heterocycles. The Morgan fingerprint density at radius 2 is 1.55 bits per heavy atom. The summed E-state index contributed by atoms with van der Waals surface area (Å²) in [7, 11) is 0. The van der Waals surface area contributed by atoms with Gasteiger partial charge in [-0.2, -0.15) is 0 Å². The molecule has 0 spiro atoms. The van der Waals surface area contributed by atoms with Crippen LogP contribution in [-0.2, 0) is 5.41 Å². The minimum absolute atomic E-state index is 0.00246. The van der Waals surface area contributed by atoms with Crippen LogP contribution in [0, 0.1) is 0 Å². The van der Waals surface area contributed by atoms with Gasteiger partial charge in [0.25, 0.3) is 0 Å². The Morgan fingerprint density at radius 1 is 0.793 bits per heavy atom. The van der Waals surface area contributed by atoms with Gasteiger partial charge in [-0.05, 0) is 0 Å². The Bertz CT molecular complexity index is 1370. The summed E-state index contributed by atoms with van der Waals surface area (Å²) in [6.45, 7) is 4.67. The fraction of sp³-hybridized carbons (Fsp3) is 0.115. The molecule has 0 atom stereocenters. The third-order valence-corrected chi connectivity index (χ3v) is 7.75. The van der Waals surface area contributed by atoms with Gasteiger partial charge in [0.2, 0.25) is 0 Å². The summed E-state index contributed by atoms with van der Waals surface area (Å²) in [4.78, 5) is 7.29. The summed E-state index contributed by atoms with van der Waals surface area (Å²) in [5.74, 6) is 0. The van der Waals surface area contributed by atoms with Gasteiger partial charge in [-0.25, -0.2) is 0 Å². The van der Waals surface area contributed by atoms with Crippen LogP contribution in [0.4, 0.5) is 0 Å². The van der Waals surface area contributed by atoms with E-state index in [0.29, 0.717) is 14.5 Å². The molecule has 0 unspecified atom stereocenters. The molecule has 0 amide bonds. The van der Waals surface area contributed by atoms with Gasteiger partial charge in [-0.15, -0.1) is 0 Å². The maximum absolute atomic E-state index is 5.03. The van der Waals surface area contributed by atoms with Crippen LogP contribution in [0.3, 0.4) is 0 Å². The van der Waals surface area contributed by atoms with Crippen LogP contribution in [0.1, 0.15) is 25.0 Å². The maximum atomic E-state index is 5.03. The molecular formula is C26H20N2Se. The number of fused-ring (bicyclic) bond motifs is 4. The number of nitrogens with zero attached hydrogens (tertiary/aromatic N) is 2. The van der Waals surface area contributed by atoms with Crippen molar-refractivity contribution >= 4 is 19.0 Å². The zero-order valence-corrected chi connectivity index (χ0v) is 18.1. The zero-order valence-electron chi connectivity index (χ0n) is 16.4. The minimum atomic E-state index is 0.00246. The van der Waals surface area contributed by atoms with Gasteiger partial charge in [0.1, 0.15) is 0 Å². The summed E-state index contributed by atoms with van der Waals surface area (Å²) in [6.07, 6.45) is 2.19. The molecule has 6 rings (SSSR count). The first-order valence-corrected chi connectivity index (χ1v) is 11.7. The van der Waals surface area contributed by atoms with Gasteiger partial charge in [-0.3, -0.25) is 0 Å². The molecule has 1 aliphatic carbocycles. The molecule has 1 aliphatic rings. The first kappa shape index (κ1) is 17.0. The Morgan fingerprint density at radius 3 is 2.41 bits per heavy atom. The number of rotatable bonds is 2. The third kappa shape index (κ3) is 2.38. The van der Waals surface area contributed by atoms with Crippen molar-refractivity contribution in [2.45, 2.75) is 19.3 Å². The van der Waals surface area contributed by atoms with Crippen molar-refractivity contribution in [3.8, 4) is 33.6 Å². The third-order valence-electron chi connectivity index (χ3n) is 6.17. The second kappa shape index (κ2) is 6.06. The number of aromatic nitrogens is 2. The molecule has 2 aromatic heterocycles. The fourth-order valence-electron chi connectivity index (χ4n) is 4.71. The van der Waals surface area contributed by atoms with Crippen LogP contribution in [-0.4, -0.2) is 23.9 Å². The van der Waals surface area contributed by atoms with Crippen molar-refractivity contribution in [1.29, 1.82) is 0 Å². The number of hydrogen-bond donors (Lipinski definition) is 0. The van der Waals surface area contributed by atoms with E-state index in [4.69, 9.17) is 4.98 Å². The number of hydrogen-bond acceptors (Lipinski definition) is 1. The van der Waals surface area contributed by atoms with Gasteiger partial charge in [0.05, 0.1) is 0 Å². The van der Waals surface area contributed by atoms with Gasteiger partial charge in [0.15, 0.2) is 0 Å². The molecule has 0 radical (unpaired) electrons. The molecule has 0 fully saturated rings. The summed E-state index contributed by atoms with van der Waals surface area (Å²) in [6, 6.07) is 26.3. The van der Waals surface area contributed by atoms with Crippen molar-refractivity contribution in [1.82, 2.24) is 9.38 Å². The predicted molar refractivity (Wildman–Crippen MR) is 121 cm³/mol. The Balaban J connectivity index is 1.61. The van der Waals surface area contributed by atoms with Crippen molar-refractivity contribution in [2.75, 3.05) is 0 Å². The SMILES string of the molecule is CC1(C)c2ccccc2-c2ccc(-c3c(-c4ccccc4)nc4[se]ccn34)cc21. The van der Waals surface area contributed by atoms with E-state index in [1.807, 2.05) is 0 Å². The van der Waals surface area contributed by atoms with Crippen molar-refractivity contribution in [2.24, 2.45) is 0 Å². The van der Waals surface area contributed by atoms with E-state index < -0.39 is 0 Å². The summed E-state index contributed by atoms with van der Waals surface area (Å²) in [5.41, 5.74) is 10.2. The fourth-order valence-corrected chi connectivity index (χ4v) is 6.21. The van der Waals surface area contributed by atoms with Crippen LogP contribution >= 0.6 is 0 Å². The van der Waals surface area contributed by atoms with Gasteiger partial charge < -0.3 is 0 Å². The predicted octanol–water partition coefficient (Wildman–Crippen LogP) is 6.03. The molecule has 0 bridgehead atoms. The average molecular weight is 439 g/mol. The first-order chi connectivity index (χ1) is 14.1. The Labute approximate surface area is 176 Å². The zero-order chi connectivity index (χ0) is 19.6. The second-order valence-corrected chi connectivity index (χ2v) is 9.99. The van der Waals surface area contributed by atoms with Crippen molar-refractivity contribution < 1.29 is 0 Å². The quantitative estimate of drug-likeness (QED) is 0.307. The monoisotopic (exact) mass is 440 g/mol.